The van der Waals surface area contributed by atoms with E-state index in [2.05, 4.69) is 15.2 Å². The molecular formula is C13H17N3O2. The van der Waals surface area contributed by atoms with Gasteiger partial charge in [-0.05, 0) is 31.8 Å². The van der Waals surface area contributed by atoms with Gasteiger partial charge in [-0.3, -0.25) is 9.59 Å². The number of pyridine rings is 1. The first-order valence-corrected chi connectivity index (χ1v) is 6.44. The van der Waals surface area contributed by atoms with Crippen molar-refractivity contribution in [1.29, 1.82) is 0 Å². The molecule has 5 nitrogen and oxygen atoms in total. The smallest absolute Gasteiger partial charge is 0.257 e. The van der Waals surface area contributed by atoms with Crippen LogP contribution >= 0.6 is 0 Å². The van der Waals surface area contributed by atoms with Gasteiger partial charge in [-0.15, -0.1) is 0 Å². The minimum atomic E-state index is -0.254. The molecule has 4 rings (SSSR count). The number of H-pyrrole nitrogens is 1. The Morgan fingerprint density at radius 1 is 1.39 bits per heavy atom. The fourth-order valence-corrected chi connectivity index (χ4v) is 2.97. The van der Waals surface area contributed by atoms with Gasteiger partial charge in [0.25, 0.3) is 5.91 Å². The minimum Gasteiger partial charge on any atom is -0.367 e. The number of piperidine rings is 3. The predicted molar refractivity (Wildman–Crippen MR) is 67.5 cm³/mol. The molecule has 0 spiro atoms. The molecule has 1 amide bonds. The van der Waals surface area contributed by atoms with Crippen LogP contribution < -0.4 is 10.7 Å². The van der Waals surface area contributed by atoms with Crippen LogP contribution in [0.1, 0.15) is 23.2 Å². The Bertz CT molecular complexity index is 503. The van der Waals surface area contributed by atoms with Gasteiger partial charge in [0.2, 0.25) is 0 Å². The topological polar surface area (TPSA) is 65.2 Å². The quantitative estimate of drug-likeness (QED) is 0.784. The molecule has 1 atom stereocenters. The number of rotatable bonds is 2. The summed E-state index contributed by atoms with van der Waals surface area (Å²) >= 11 is 0. The van der Waals surface area contributed by atoms with Crippen molar-refractivity contribution < 1.29 is 4.79 Å². The molecule has 3 aliphatic rings. The van der Waals surface area contributed by atoms with Crippen molar-refractivity contribution in [3.63, 3.8) is 0 Å². The second-order valence-corrected chi connectivity index (χ2v) is 5.14. The van der Waals surface area contributed by atoms with Gasteiger partial charge in [-0.1, -0.05) is 0 Å². The maximum atomic E-state index is 12.1. The Kier molecular flexibility index (Phi) is 2.91. The van der Waals surface area contributed by atoms with Gasteiger partial charge in [0, 0.05) is 31.0 Å². The molecule has 0 radical (unpaired) electrons. The van der Waals surface area contributed by atoms with Crippen LogP contribution in [0.25, 0.3) is 0 Å². The summed E-state index contributed by atoms with van der Waals surface area (Å²) in [6, 6.07) is 1.57. The number of nitrogens with one attached hydrogen (secondary N) is 2. The highest BCUT2D eigenvalue weighted by Crippen LogP contribution is 2.27. The molecule has 2 bridgehead atoms. The zero-order valence-corrected chi connectivity index (χ0v) is 10.2. The first kappa shape index (κ1) is 11.5. The zero-order valence-electron chi connectivity index (χ0n) is 10.2. The molecule has 18 heavy (non-hydrogen) atoms. The normalized spacial score (nSPS) is 30.1. The average Bonchev–Trinajstić information content (AvgIpc) is 2.40. The summed E-state index contributed by atoms with van der Waals surface area (Å²) in [6.07, 6.45) is 5.30. The van der Waals surface area contributed by atoms with Gasteiger partial charge in [0.05, 0.1) is 0 Å². The molecule has 0 saturated carbocycles. The maximum Gasteiger partial charge on any atom is 0.257 e. The van der Waals surface area contributed by atoms with Crippen LogP contribution in [-0.2, 0) is 0 Å². The highest BCUT2D eigenvalue weighted by Gasteiger charge is 2.35. The van der Waals surface area contributed by atoms with E-state index in [0.717, 1.165) is 32.5 Å². The van der Waals surface area contributed by atoms with E-state index in [1.807, 2.05) is 0 Å². The molecule has 1 aromatic rings. The van der Waals surface area contributed by atoms with Crippen LogP contribution in [-0.4, -0.2) is 41.5 Å². The van der Waals surface area contributed by atoms with Gasteiger partial charge >= 0.3 is 0 Å². The molecule has 1 unspecified atom stereocenters. The molecule has 3 aliphatic heterocycles. The van der Waals surface area contributed by atoms with Crippen molar-refractivity contribution in [1.82, 2.24) is 15.2 Å². The van der Waals surface area contributed by atoms with E-state index >= 15 is 0 Å². The first-order valence-electron chi connectivity index (χ1n) is 6.44. The van der Waals surface area contributed by atoms with E-state index in [1.54, 1.807) is 0 Å². The van der Waals surface area contributed by atoms with Crippen molar-refractivity contribution in [3.05, 3.63) is 34.2 Å². The number of amides is 1. The lowest BCUT2D eigenvalue weighted by molar-refractivity contribution is 0.0619. The van der Waals surface area contributed by atoms with Crippen molar-refractivity contribution >= 4 is 5.91 Å². The third kappa shape index (κ3) is 2.06. The summed E-state index contributed by atoms with van der Waals surface area (Å²) < 4.78 is 0. The Morgan fingerprint density at radius 2 is 2.17 bits per heavy atom. The summed E-state index contributed by atoms with van der Waals surface area (Å²) in [5, 5.41) is 3.01. The van der Waals surface area contributed by atoms with E-state index in [-0.39, 0.29) is 22.9 Å². The molecule has 5 heteroatoms. The number of hydrogen-bond acceptors (Lipinski definition) is 3. The molecule has 1 aromatic heterocycles. The van der Waals surface area contributed by atoms with Gasteiger partial charge < -0.3 is 15.2 Å². The van der Waals surface area contributed by atoms with Crippen LogP contribution in [0.15, 0.2) is 23.3 Å². The number of fused-ring (bicyclic) bond motifs is 3. The van der Waals surface area contributed by atoms with Crippen molar-refractivity contribution in [2.75, 3.05) is 19.6 Å². The maximum absolute atomic E-state index is 12.1. The molecule has 4 heterocycles. The highest BCUT2D eigenvalue weighted by atomic mass is 16.2. The van der Waals surface area contributed by atoms with Crippen LogP contribution in [0.5, 0.6) is 0 Å². The van der Waals surface area contributed by atoms with Crippen LogP contribution in [0.2, 0.25) is 0 Å². The lowest BCUT2D eigenvalue weighted by atomic mass is 9.84. The van der Waals surface area contributed by atoms with Crippen molar-refractivity contribution in [2.24, 2.45) is 5.92 Å². The molecule has 3 fully saturated rings. The number of hydrogen-bond donors (Lipinski definition) is 2. The van der Waals surface area contributed by atoms with E-state index in [9.17, 15) is 9.59 Å². The number of nitrogens with zero attached hydrogens (tertiary/aromatic N) is 1. The predicted octanol–water partition coefficient (Wildman–Crippen LogP) is 0.199. The highest BCUT2D eigenvalue weighted by molar-refractivity contribution is 5.93. The van der Waals surface area contributed by atoms with Crippen LogP contribution in [0.3, 0.4) is 0 Å². The summed E-state index contributed by atoms with van der Waals surface area (Å²) in [5.41, 5.74) is -0.0264. The summed E-state index contributed by atoms with van der Waals surface area (Å²) in [4.78, 5) is 28.8. The minimum absolute atomic E-state index is 0.194. The summed E-state index contributed by atoms with van der Waals surface area (Å²) in [7, 11) is 0. The van der Waals surface area contributed by atoms with E-state index in [0.29, 0.717) is 5.92 Å². The van der Waals surface area contributed by atoms with Gasteiger partial charge in [0.1, 0.15) is 5.56 Å². The Hall–Kier alpha value is -1.62. The fourth-order valence-electron chi connectivity index (χ4n) is 2.97. The molecule has 3 saturated heterocycles. The SMILES string of the molecule is O=C(NC1CN2CCC1CC2)c1c[nH]ccc1=O. The third-order valence-corrected chi connectivity index (χ3v) is 4.04. The fraction of sp³-hybridized carbons (Fsp3) is 0.538. The van der Waals surface area contributed by atoms with Crippen molar-refractivity contribution in [3.8, 4) is 0 Å². The average molecular weight is 247 g/mol. The van der Waals surface area contributed by atoms with Gasteiger partial charge in [0.15, 0.2) is 5.43 Å². The Morgan fingerprint density at radius 3 is 2.78 bits per heavy atom. The van der Waals surface area contributed by atoms with Crippen LogP contribution in [0.4, 0.5) is 0 Å². The Labute approximate surface area is 105 Å². The van der Waals surface area contributed by atoms with E-state index in [1.165, 1.54) is 18.5 Å². The molecular weight excluding hydrogens is 230 g/mol. The lowest BCUT2D eigenvalue weighted by Crippen LogP contribution is -2.57. The van der Waals surface area contributed by atoms with Gasteiger partial charge in [-0.2, -0.15) is 0 Å². The third-order valence-electron chi connectivity index (χ3n) is 4.04. The van der Waals surface area contributed by atoms with Crippen molar-refractivity contribution in [2.45, 2.75) is 18.9 Å². The molecule has 0 aliphatic carbocycles. The monoisotopic (exact) mass is 247 g/mol. The zero-order chi connectivity index (χ0) is 12.5. The second-order valence-electron chi connectivity index (χ2n) is 5.14. The standard InChI is InChI=1S/C13H17N3O2/c17-12-1-4-14-7-10(12)13(18)15-11-8-16-5-2-9(11)3-6-16/h1,4,7,9,11H,2-3,5-6,8H2,(H,14,17)(H,15,18). The van der Waals surface area contributed by atoms with Gasteiger partial charge in [-0.25, -0.2) is 0 Å². The van der Waals surface area contributed by atoms with E-state index in [4.69, 9.17) is 0 Å². The number of aromatic nitrogens is 1. The summed E-state index contributed by atoms with van der Waals surface area (Å²) in [6.45, 7) is 3.20. The molecule has 96 valence electrons. The molecule has 0 aromatic carbocycles. The number of carbonyl (C=O) groups excluding carboxylic acids is 1. The summed E-state index contributed by atoms with van der Waals surface area (Å²) in [5.74, 6) is 0.317. The Balaban J connectivity index is 1.72. The number of carbonyl (C=O) groups is 1. The number of aromatic amines is 1. The molecule has 2 N–H and O–H groups in total. The van der Waals surface area contributed by atoms with E-state index < -0.39 is 0 Å². The lowest BCUT2D eigenvalue weighted by Gasteiger charge is -2.44. The second kappa shape index (κ2) is 4.57. The largest absolute Gasteiger partial charge is 0.367 e. The van der Waals surface area contributed by atoms with Crippen LogP contribution in [0, 0.1) is 5.92 Å². The first-order chi connectivity index (χ1) is 8.74.